The van der Waals surface area contributed by atoms with Crippen LogP contribution in [0.3, 0.4) is 0 Å². The predicted octanol–water partition coefficient (Wildman–Crippen LogP) is 3.01. The first-order valence-electron chi connectivity index (χ1n) is 8.03. The average Bonchev–Trinajstić information content (AvgIpc) is 2.61. The van der Waals surface area contributed by atoms with Crippen LogP contribution in [0.1, 0.15) is 21.5 Å². The van der Waals surface area contributed by atoms with Gasteiger partial charge in [-0.15, -0.1) is 0 Å². The lowest BCUT2D eigenvalue weighted by molar-refractivity contribution is -0.126. The van der Waals surface area contributed by atoms with Crippen LogP contribution >= 0.6 is 11.6 Å². The van der Waals surface area contributed by atoms with E-state index >= 15 is 0 Å². The first kappa shape index (κ1) is 20.4. The number of para-hydroxylation sites is 1. The molecule has 0 aliphatic carbocycles. The van der Waals surface area contributed by atoms with Crippen LogP contribution < -0.4 is 10.6 Å². The van der Waals surface area contributed by atoms with Crippen LogP contribution in [-0.2, 0) is 14.3 Å². The number of carbonyl (C=O) groups is 3. The molecular weight excluding hydrogens is 375 g/mol. The molecule has 2 amide bonds. The fraction of sp³-hybridized carbons (Fsp3) is 0.211. The molecule has 0 aromatic heterocycles. The molecule has 0 unspecified atom stereocenters. The summed E-state index contributed by atoms with van der Waals surface area (Å²) in [6.45, 7) is 2.74. The summed E-state index contributed by atoms with van der Waals surface area (Å²) in [5, 5.41) is 4.92. The monoisotopic (exact) mass is 392 g/mol. The minimum absolute atomic E-state index is 0.117. The molecule has 2 aromatic carbocycles. The average molecular weight is 393 g/mol. The summed E-state index contributed by atoms with van der Waals surface area (Å²) in [6, 6.07) is 9.32. The minimum Gasteiger partial charge on any atom is -0.452 e. The zero-order valence-electron chi connectivity index (χ0n) is 14.8. The molecule has 2 N–H and O–H groups in total. The molecule has 8 heteroatoms. The van der Waals surface area contributed by atoms with Crippen LogP contribution in [0, 0.1) is 19.7 Å². The summed E-state index contributed by atoms with van der Waals surface area (Å²) in [5.74, 6) is -3.04. The van der Waals surface area contributed by atoms with Crippen LogP contribution in [-0.4, -0.2) is 30.9 Å². The molecule has 0 bridgehead atoms. The Balaban J connectivity index is 1.82. The molecular formula is C19H18ClFN2O4. The number of ether oxygens (including phenoxy) is 1. The summed E-state index contributed by atoms with van der Waals surface area (Å²) in [6.07, 6.45) is 0. The summed E-state index contributed by atoms with van der Waals surface area (Å²) in [4.78, 5) is 35.6. The number of carbonyl (C=O) groups excluding carboxylic acids is 3. The molecule has 0 heterocycles. The van der Waals surface area contributed by atoms with Gasteiger partial charge in [-0.05, 0) is 37.1 Å². The first-order chi connectivity index (χ1) is 12.8. The maximum atomic E-state index is 13.6. The maximum absolute atomic E-state index is 13.6. The van der Waals surface area contributed by atoms with Crippen molar-refractivity contribution in [2.24, 2.45) is 0 Å². The Labute approximate surface area is 160 Å². The van der Waals surface area contributed by atoms with Crippen molar-refractivity contribution in [3.63, 3.8) is 0 Å². The van der Waals surface area contributed by atoms with E-state index in [2.05, 4.69) is 10.6 Å². The third-order valence-corrected chi connectivity index (χ3v) is 4.01. The Morgan fingerprint density at radius 3 is 2.30 bits per heavy atom. The Kier molecular flexibility index (Phi) is 6.90. The molecule has 142 valence electrons. The second-order valence-electron chi connectivity index (χ2n) is 5.76. The summed E-state index contributed by atoms with van der Waals surface area (Å²) in [7, 11) is 0. The molecule has 0 atom stereocenters. The van der Waals surface area contributed by atoms with Crippen molar-refractivity contribution in [1.82, 2.24) is 5.32 Å². The molecule has 0 radical (unpaired) electrons. The van der Waals surface area contributed by atoms with Gasteiger partial charge in [0.15, 0.2) is 6.61 Å². The molecule has 2 aromatic rings. The van der Waals surface area contributed by atoms with Gasteiger partial charge in [-0.3, -0.25) is 9.59 Å². The summed E-state index contributed by atoms with van der Waals surface area (Å²) >= 11 is 5.75. The largest absolute Gasteiger partial charge is 0.452 e. The number of benzene rings is 2. The number of anilines is 1. The topological polar surface area (TPSA) is 84.5 Å². The van der Waals surface area contributed by atoms with E-state index in [1.54, 1.807) is 0 Å². The van der Waals surface area contributed by atoms with Crippen molar-refractivity contribution in [3.05, 3.63) is 63.9 Å². The first-order valence-corrected chi connectivity index (χ1v) is 8.41. The van der Waals surface area contributed by atoms with Gasteiger partial charge in [-0.1, -0.05) is 35.9 Å². The highest BCUT2D eigenvalue weighted by molar-refractivity contribution is 6.33. The molecule has 0 aliphatic heterocycles. The fourth-order valence-electron chi connectivity index (χ4n) is 2.32. The second-order valence-corrected chi connectivity index (χ2v) is 6.17. The zero-order valence-corrected chi connectivity index (χ0v) is 15.5. The van der Waals surface area contributed by atoms with Crippen LogP contribution in [0.15, 0.2) is 36.4 Å². The smallest absolute Gasteiger partial charge is 0.343 e. The van der Waals surface area contributed by atoms with Crippen LogP contribution in [0.5, 0.6) is 0 Å². The standard InChI is InChI=1S/C19H18ClFN2O4/c1-11-5-3-6-12(2)18(11)23-15(24)9-22-16(25)10-27-19(26)17-13(20)7-4-8-14(17)21/h3-8H,9-10H2,1-2H3,(H,22,25)(H,23,24). The quantitative estimate of drug-likeness (QED) is 0.740. The third kappa shape index (κ3) is 5.52. The minimum atomic E-state index is -1.06. The van der Waals surface area contributed by atoms with Crippen molar-refractivity contribution in [2.75, 3.05) is 18.5 Å². The van der Waals surface area contributed by atoms with Crippen molar-refractivity contribution in [2.45, 2.75) is 13.8 Å². The maximum Gasteiger partial charge on any atom is 0.343 e. The van der Waals surface area contributed by atoms with E-state index in [0.717, 1.165) is 17.2 Å². The Morgan fingerprint density at radius 1 is 1.04 bits per heavy atom. The Bertz CT molecular complexity index is 846. The number of halogens is 2. The normalized spacial score (nSPS) is 10.2. The van der Waals surface area contributed by atoms with Gasteiger partial charge in [-0.25, -0.2) is 9.18 Å². The van der Waals surface area contributed by atoms with Crippen LogP contribution in [0.2, 0.25) is 5.02 Å². The number of amides is 2. The van der Waals surface area contributed by atoms with Gasteiger partial charge in [0, 0.05) is 5.69 Å². The van der Waals surface area contributed by atoms with Gasteiger partial charge in [0.25, 0.3) is 5.91 Å². The molecule has 2 rings (SSSR count). The molecule has 0 saturated carbocycles. The molecule has 0 fully saturated rings. The van der Waals surface area contributed by atoms with Gasteiger partial charge in [0.05, 0.1) is 11.6 Å². The van der Waals surface area contributed by atoms with Gasteiger partial charge in [0.1, 0.15) is 11.4 Å². The molecule has 0 aliphatic rings. The number of hydrogen-bond donors (Lipinski definition) is 2. The summed E-state index contributed by atoms with van der Waals surface area (Å²) in [5.41, 5.74) is 2.02. The highest BCUT2D eigenvalue weighted by atomic mass is 35.5. The van der Waals surface area contributed by atoms with E-state index in [0.29, 0.717) is 5.69 Å². The fourth-order valence-corrected chi connectivity index (χ4v) is 2.56. The molecule has 27 heavy (non-hydrogen) atoms. The van der Waals surface area contributed by atoms with Gasteiger partial charge >= 0.3 is 5.97 Å². The van der Waals surface area contributed by atoms with Gasteiger partial charge in [0.2, 0.25) is 5.91 Å². The van der Waals surface area contributed by atoms with E-state index in [-0.39, 0.29) is 11.6 Å². The Hall–Kier alpha value is -2.93. The lowest BCUT2D eigenvalue weighted by atomic mass is 10.1. The van der Waals surface area contributed by atoms with Crippen molar-refractivity contribution < 1.29 is 23.5 Å². The second kappa shape index (κ2) is 9.14. The van der Waals surface area contributed by atoms with E-state index in [1.807, 2.05) is 32.0 Å². The van der Waals surface area contributed by atoms with Crippen molar-refractivity contribution in [1.29, 1.82) is 0 Å². The Morgan fingerprint density at radius 2 is 1.67 bits per heavy atom. The lowest BCUT2D eigenvalue weighted by Crippen LogP contribution is -2.35. The van der Waals surface area contributed by atoms with Gasteiger partial charge < -0.3 is 15.4 Å². The number of hydrogen-bond acceptors (Lipinski definition) is 4. The van der Waals surface area contributed by atoms with E-state index < -0.39 is 35.8 Å². The van der Waals surface area contributed by atoms with Crippen LogP contribution in [0.4, 0.5) is 10.1 Å². The highest BCUT2D eigenvalue weighted by Gasteiger charge is 2.18. The van der Waals surface area contributed by atoms with Crippen molar-refractivity contribution in [3.8, 4) is 0 Å². The molecule has 0 spiro atoms. The summed E-state index contributed by atoms with van der Waals surface area (Å²) < 4.78 is 18.3. The van der Waals surface area contributed by atoms with E-state index in [4.69, 9.17) is 16.3 Å². The number of nitrogens with one attached hydrogen (secondary N) is 2. The third-order valence-electron chi connectivity index (χ3n) is 3.69. The van der Waals surface area contributed by atoms with E-state index in [1.165, 1.54) is 12.1 Å². The van der Waals surface area contributed by atoms with Gasteiger partial charge in [-0.2, -0.15) is 0 Å². The molecule has 0 saturated heterocycles. The van der Waals surface area contributed by atoms with E-state index in [9.17, 15) is 18.8 Å². The number of aryl methyl sites for hydroxylation is 2. The number of esters is 1. The predicted molar refractivity (Wildman–Crippen MR) is 99.2 cm³/mol. The zero-order chi connectivity index (χ0) is 20.0. The van der Waals surface area contributed by atoms with Crippen LogP contribution in [0.25, 0.3) is 0 Å². The van der Waals surface area contributed by atoms with Crippen molar-refractivity contribution >= 4 is 35.1 Å². The molecule has 6 nitrogen and oxygen atoms in total. The SMILES string of the molecule is Cc1cccc(C)c1NC(=O)CNC(=O)COC(=O)c1c(F)cccc1Cl. The lowest BCUT2D eigenvalue weighted by Gasteiger charge is -2.12. The number of rotatable bonds is 6. The highest BCUT2D eigenvalue weighted by Crippen LogP contribution is 2.20.